The molecule has 0 saturated carbocycles. The minimum atomic E-state index is -0.0222. The quantitative estimate of drug-likeness (QED) is 0.404. The molecular formula is C12H25N7O2. The van der Waals surface area contributed by atoms with E-state index in [1.54, 1.807) is 7.11 Å². The maximum atomic E-state index is 5.45. The van der Waals surface area contributed by atoms with Gasteiger partial charge in [0.15, 0.2) is 0 Å². The number of nitrogens with zero attached hydrogens (tertiary/aromatic N) is 4. The molecule has 1 aromatic heterocycles. The van der Waals surface area contributed by atoms with Gasteiger partial charge in [-0.15, -0.1) is 0 Å². The van der Waals surface area contributed by atoms with Crippen molar-refractivity contribution >= 4 is 11.9 Å². The van der Waals surface area contributed by atoms with Gasteiger partial charge in [0.2, 0.25) is 11.9 Å². The summed E-state index contributed by atoms with van der Waals surface area (Å²) in [7, 11) is 3.71. The summed E-state index contributed by atoms with van der Waals surface area (Å²) in [6.07, 6.45) is -0.0222. The van der Waals surface area contributed by atoms with Gasteiger partial charge in [-0.25, -0.2) is 5.84 Å². The molecule has 0 amide bonds. The van der Waals surface area contributed by atoms with E-state index in [0.717, 1.165) is 13.1 Å². The highest BCUT2D eigenvalue weighted by molar-refractivity contribution is 5.34. The number of methoxy groups -OCH3 is 1. The largest absolute Gasteiger partial charge is 0.461 e. The molecule has 0 saturated heterocycles. The predicted octanol–water partition coefficient (Wildman–Crippen LogP) is -0.0655. The zero-order valence-electron chi connectivity index (χ0n) is 13.1. The van der Waals surface area contributed by atoms with Gasteiger partial charge >= 0.3 is 6.01 Å². The summed E-state index contributed by atoms with van der Waals surface area (Å²) in [6.45, 7) is 6.90. The number of anilines is 2. The molecule has 0 atom stereocenters. The molecule has 120 valence electrons. The molecule has 0 bridgehead atoms. The van der Waals surface area contributed by atoms with Gasteiger partial charge in [-0.05, 0) is 20.9 Å². The van der Waals surface area contributed by atoms with E-state index in [4.69, 9.17) is 15.3 Å². The van der Waals surface area contributed by atoms with Crippen LogP contribution < -0.4 is 21.3 Å². The topological polar surface area (TPSA) is 110 Å². The smallest absolute Gasteiger partial charge is 0.323 e. The van der Waals surface area contributed by atoms with Crippen LogP contribution in [0.5, 0.6) is 6.01 Å². The molecule has 0 aliphatic heterocycles. The standard InChI is InChI=1S/C12H25N7O2/c1-9(2)21-12-16-10(15-11(17-12)18-13)14-5-6-19(3)7-8-20-4/h9H,5-8,13H2,1-4H3,(H2,14,15,16,17,18). The van der Waals surface area contributed by atoms with Crippen molar-refractivity contribution in [3.8, 4) is 6.01 Å². The van der Waals surface area contributed by atoms with Crippen LogP contribution in [-0.4, -0.2) is 66.4 Å². The zero-order chi connectivity index (χ0) is 15.7. The lowest BCUT2D eigenvalue weighted by atomic mass is 10.5. The second-order valence-corrected chi connectivity index (χ2v) is 4.80. The summed E-state index contributed by atoms with van der Waals surface area (Å²) < 4.78 is 10.5. The van der Waals surface area contributed by atoms with Crippen LogP contribution >= 0.6 is 0 Å². The first-order valence-corrected chi connectivity index (χ1v) is 6.85. The Bertz CT molecular complexity index is 417. The van der Waals surface area contributed by atoms with Gasteiger partial charge in [0.05, 0.1) is 12.7 Å². The van der Waals surface area contributed by atoms with Crippen molar-refractivity contribution in [2.45, 2.75) is 20.0 Å². The lowest BCUT2D eigenvalue weighted by Gasteiger charge is -2.16. The highest BCUT2D eigenvalue weighted by atomic mass is 16.5. The number of nitrogens with one attached hydrogen (secondary N) is 2. The van der Waals surface area contributed by atoms with E-state index in [2.05, 4.69) is 30.6 Å². The fraction of sp³-hybridized carbons (Fsp3) is 0.750. The van der Waals surface area contributed by atoms with Gasteiger partial charge in [0.1, 0.15) is 0 Å². The maximum absolute atomic E-state index is 5.45. The summed E-state index contributed by atoms with van der Waals surface area (Å²) in [5, 5.41) is 3.12. The summed E-state index contributed by atoms with van der Waals surface area (Å²) in [6, 6.07) is 0.239. The van der Waals surface area contributed by atoms with Gasteiger partial charge in [0, 0.05) is 26.7 Å². The molecule has 0 fully saturated rings. The lowest BCUT2D eigenvalue weighted by Crippen LogP contribution is -2.28. The van der Waals surface area contributed by atoms with Crippen molar-refractivity contribution in [1.82, 2.24) is 19.9 Å². The monoisotopic (exact) mass is 299 g/mol. The average molecular weight is 299 g/mol. The minimum absolute atomic E-state index is 0.0222. The first-order valence-electron chi connectivity index (χ1n) is 6.85. The Labute approximate surface area is 125 Å². The summed E-state index contributed by atoms with van der Waals surface area (Å²) in [4.78, 5) is 14.5. The van der Waals surface area contributed by atoms with Crippen molar-refractivity contribution in [1.29, 1.82) is 0 Å². The number of nitrogen functional groups attached to an aromatic ring is 1. The van der Waals surface area contributed by atoms with Crippen LogP contribution in [-0.2, 0) is 4.74 Å². The van der Waals surface area contributed by atoms with E-state index >= 15 is 0 Å². The number of ether oxygens (including phenoxy) is 2. The van der Waals surface area contributed by atoms with E-state index in [-0.39, 0.29) is 18.1 Å². The molecule has 9 heteroatoms. The summed E-state index contributed by atoms with van der Waals surface area (Å²) in [5.74, 6) is 6.03. The molecule has 1 heterocycles. The second kappa shape index (κ2) is 9.27. The first kappa shape index (κ1) is 17.3. The number of hydrogen-bond donors (Lipinski definition) is 3. The van der Waals surface area contributed by atoms with Gasteiger partial charge in [-0.2, -0.15) is 15.0 Å². The number of nitrogens with two attached hydrogens (primary N) is 1. The Hall–Kier alpha value is -1.71. The van der Waals surface area contributed by atoms with Crippen molar-refractivity contribution in [2.75, 3.05) is 51.1 Å². The third-order valence-corrected chi connectivity index (χ3v) is 2.54. The van der Waals surface area contributed by atoms with Crippen LogP contribution in [0.25, 0.3) is 0 Å². The maximum Gasteiger partial charge on any atom is 0.323 e. The highest BCUT2D eigenvalue weighted by Gasteiger charge is 2.08. The van der Waals surface area contributed by atoms with Crippen molar-refractivity contribution in [3.63, 3.8) is 0 Å². The first-order chi connectivity index (χ1) is 10.0. The lowest BCUT2D eigenvalue weighted by molar-refractivity contribution is 0.163. The van der Waals surface area contributed by atoms with Crippen LogP contribution in [0, 0.1) is 0 Å². The van der Waals surface area contributed by atoms with Crippen LogP contribution in [0.1, 0.15) is 13.8 Å². The molecule has 4 N–H and O–H groups in total. The molecule has 0 aliphatic rings. The van der Waals surface area contributed by atoms with Crippen LogP contribution in [0.3, 0.4) is 0 Å². The molecule has 9 nitrogen and oxygen atoms in total. The predicted molar refractivity (Wildman–Crippen MR) is 81.3 cm³/mol. The molecule has 1 rings (SSSR count). The van der Waals surface area contributed by atoms with Gasteiger partial charge < -0.3 is 19.7 Å². The molecule has 0 aliphatic carbocycles. The van der Waals surface area contributed by atoms with E-state index in [1.165, 1.54) is 0 Å². The average Bonchev–Trinajstić information content (AvgIpc) is 2.44. The fourth-order valence-corrected chi connectivity index (χ4v) is 1.48. The van der Waals surface area contributed by atoms with Crippen LogP contribution in [0.4, 0.5) is 11.9 Å². The van der Waals surface area contributed by atoms with Gasteiger partial charge in [-0.1, -0.05) is 0 Å². The third kappa shape index (κ3) is 7.02. The Balaban J connectivity index is 2.53. The Morgan fingerprint density at radius 1 is 1.19 bits per heavy atom. The fourth-order valence-electron chi connectivity index (χ4n) is 1.48. The van der Waals surface area contributed by atoms with Crippen LogP contribution in [0.15, 0.2) is 0 Å². The van der Waals surface area contributed by atoms with E-state index < -0.39 is 0 Å². The molecule has 0 aromatic carbocycles. The van der Waals surface area contributed by atoms with Crippen molar-refractivity contribution in [2.24, 2.45) is 5.84 Å². The molecular weight excluding hydrogens is 274 g/mol. The Kier molecular flexibility index (Phi) is 7.65. The van der Waals surface area contributed by atoms with Gasteiger partial charge in [-0.3, -0.25) is 5.43 Å². The minimum Gasteiger partial charge on any atom is -0.461 e. The van der Waals surface area contributed by atoms with Crippen molar-refractivity contribution < 1.29 is 9.47 Å². The number of hydrazine groups is 1. The molecule has 1 aromatic rings. The van der Waals surface area contributed by atoms with Crippen molar-refractivity contribution in [3.05, 3.63) is 0 Å². The second-order valence-electron chi connectivity index (χ2n) is 4.80. The Morgan fingerprint density at radius 3 is 2.52 bits per heavy atom. The molecule has 0 spiro atoms. The SMILES string of the molecule is COCCN(C)CCNc1nc(NN)nc(OC(C)C)n1. The van der Waals surface area contributed by atoms with E-state index in [1.807, 2.05) is 20.9 Å². The third-order valence-electron chi connectivity index (χ3n) is 2.54. The number of rotatable bonds is 10. The number of hydrogen-bond acceptors (Lipinski definition) is 9. The molecule has 21 heavy (non-hydrogen) atoms. The number of likely N-dealkylation sites (N-methyl/N-ethyl adjacent to an activating group) is 1. The van der Waals surface area contributed by atoms with E-state index in [0.29, 0.717) is 19.1 Å². The van der Waals surface area contributed by atoms with Gasteiger partial charge in [0.25, 0.3) is 0 Å². The molecule has 0 unspecified atom stereocenters. The highest BCUT2D eigenvalue weighted by Crippen LogP contribution is 2.11. The number of aromatic nitrogens is 3. The molecule has 0 radical (unpaired) electrons. The van der Waals surface area contributed by atoms with Crippen LogP contribution in [0.2, 0.25) is 0 Å². The zero-order valence-corrected chi connectivity index (χ0v) is 13.1. The van der Waals surface area contributed by atoms with E-state index in [9.17, 15) is 0 Å². The summed E-state index contributed by atoms with van der Waals surface area (Å²) >= 11 is 0. The Morgan fingerprint density at radius 2 is 1.90 bits per heavy atom. The summed E-state index contributed by atoms with van der Waals surface area (Å²) in [5.41, 5.74) is 2.40. The normalized spacial score (nSPS) is 11.0.